The van der Waals surface area contributed by atoms with E-state index in [-0.39, 0.29) is 0 Å². The second-order valence-corrected chi connectivity index (χ2v) is 6.70. The average Bonchev–Trinajstić information content (AvgIpc) is 2.71. The zero-order valence-electron chi connectivity index (χ0n) is 15.8. The highest BCUT2D eigenvalue weighted by molar-refractivity contribution is 6.00. The van der Waals surface area contributed by atoms with Crippen LogP contribution in [0.2, 0.25) is 0 Å². The SMILES string of the molecule is Fc1ccc(C(CCN2CCN(c3ccccn3)CC2)=NOCC(F)(F)F)cc1. The van der Waals surface area contributed by atoms with E-state index in [9.17, 15) is 17.6 Å². The summed E-state index contributed by atoms with van der Waals surface area (Å²) in [7, 11) is 0. The zero-order valence-corrected chi connectivity index (χ0v) is 15.8. The Bertz CT molecular complexity index is 788. The van der Waals surface area contributed by atoms with Crippen molar-refractivity contribution >= 4 is 11.5 Å². The Hall–Kier alpha value is -2.68. The molecule has 1 aliphatic rings. The maximum Gasteiger partial charge on any atom is 0.425 e. The number of rotatable bonds is 7. The second-order valence-electron chi connectivity index (χ2n) is 6.70. The minimum atomic E-state index is -4.46. The standard InChI is InChI=1S/C20H22F4N4O/c21-17-6-4-16(5-7-17)18(26-29-15-20(22,23)24)8-10-27-11-13-28(14-12-27)19-3-1-2-9-25-19/h1-7,9H,8,10-15H2. The van der Waals surface area contributed by atoms with Gasteiger partial charge in [0.25, 0.3) is 0 Å². The van der Waals surface area contributed by atoms with Crippen molar-refractivity contribution in [3.05, 3.63) is 60.0 Å². The van der Waals surface area contributed by atoms with Gasteiger partial charge in [0.1, 0.15) is 11.6 Å². The van der Waals surface area contributed by atoms with Crippen molar-refractivity contribution in [1.82, 2.24) is 9.88 Å². The van der Waals surface area contributed by atoms with Crippen LogP contribution < -0.4 is 4.90 Å². The molecule has 0 spiro atoms. The number of nitrogens with zero attached hydrogens (tertiary/aromatic N) is 4. The largest absolute Gasteiger partial charge is 0.425 e. The van der Waals surface area contributed by atoms with Crippen LogP contribution in [0.1, 0.15) is 12.0 Å². The Morgan fingerprint density at radius 1 is 1.03 bits per heavy atom. The maximum absolute atomic E-state index is 13.2. The molecule has 0 unspecified atom stereocenters. The number of pyridine rings is 1. The molecule has 0 radical (unpaired) electrons. The average molecular weight is 410 g/mol. The minimum absolute atomic E-state index is 0.362. The second kappa shape index (κ2) is 9.69. The van der Waals surface area contributed by atoms with Gasteiger partial charge in [-0.05, 0) is 29.8 Å². The summed E-state index contributed by atoms with van der Waals surface area (Å²) in [5.74, 6) is 0.510. The van der Waals surface area contributed by atoms with Crippen molar-refractivity contribution in [3.8, 4) is 0 Å². The summed E-state index contributed by atoms with van der Waals surface area (Å²) in [6, 6.07) is 11.3. The number of hydrogen-bond acceptors (Lipinski definition) is 5. The molecule has 5 nitrogen and oxygen atoms in total. The first-order valence-electron chi connectivity index (χ1n) is 9.30. The monoisotopic (exact) mass is 410 g/mol. The normalized spacial score (nSPS) is 16.1. The van der Waals surface area contributed by atoms with Crippen LogP contribution in [0.25, 0.3) is 0 Å². The molecule has 0 bridgehead atoms. The fraction of sp³-hybridized carbons (Fsp3) is 0.400. The molecule has 1 aromatic carbocycles. The highest BCUT2D eigenvalue weighted by Crippen LogP contribution is 2.16. The van der Waals surface area contributed by atoms with E-state index in [2.05, 4.69) is 24.8 Å². The van der Waals surface area contributed by atoms with Crippen molar-refractivity contribution in [1.29, 1.82) is 0 Å². The third-order valence-corrected chi connectivity index (χ3v) is 4.59. The van der Waals surface area contributed by atoms with E-state index in [4.69, 9.17) is 0 Å². The number of oxime groups is 1. The predicted molar refractivity (Wildman–Crippen MR) is 102 cm³/mol. The molecule has 0 atom stereocenters. The Balaban J connectivity index is 1.57. The smallest absolute Gasteiger partial charge is 0.386 e. The van der Waals surface area contributed by atoms with Crippen molar-refractivity contribution in [3.63, 3.8) is 0 Å². The fourth-order valence-electron chi connectivity index (χ4n) is 3.07. The van der Waals surface area contributed by atoms with Gasteiger partial charge in [0.15, 0.2) is 0 Å². The molecule has 0 N–H and O–H groups in total. The molecule has 0 amide bonds. The lowest BCUT2D eigenvalue weighted by Gasteiger charge is -2.35. The lowest BCUT2D eigenvalue weighted by atomic mass is 10.1. The van der Waals surface area contributed by atoms with E-state index < -0.39 is 18.6 Å². The van der Waals surface area contributed by atoms with E-state index in [0.717, 1.165) is 32.0 Å². The van der Waals surface area contributed by atoms with Gasteiger partial charge in [0.2, 0.25) is 6.61 Å². The van der Waals surface area contributed by atoms with Gasteiger partial charge < -0.3 is 9.74 Å². The highest BCUT2D eigenvalue weighted by atomic mass is 19.4. The van der Waals surface area contributed by atoms with Crippen LogP contribution in [0.4, 0.5) is 23.4 Å². The lowest BCUT2D eigenvalue weighted by molar-refractivity contribution is -0.173. The fourth-order valence-corrected chi connectivity index (χ4v) is 3.07. The number of halogens is 4. The van der Waals surface area contributed by atoms with Gasteiger partial charge in [-0.1, -0.05) is 23.4 Å². The van der Waals surface area contributed by atoms with Gasteiger partial charge in [-0.15, -0.1) is 0 Å². The minimum Gasteiger partial charge on any atom is -0.386 e. The van der Waals surface area contributed by atoms with Crippen molar-refractivity contribution in [2.45, 2.75) is 12.6 Å². The van der Waals surface area contributed by atoms with Gasteiger partial charge >= 0.3 is 6.18 Å². The molecule has 1 saturated heterocycles. The van der Waals surface area contributed by atoms with E-state index in [1.54, 1.807) is 6.20 Å². The van der Waals surface area contributed by atoms with Gasteiger partial charge in [0.05, 0.1) is 5.71 Å². The van der Waals surface area contributed by atoms with Crippen LogP contribution in [-0.2, 0) is 4.84 Å². The molecule has 0 saturated carbocycles. The highest BCUT2D eigenvalue weighted by Gasteiger charge is 2.28. The summed E-state index contributed by atoms with van der Waals surface area (Å²) in [6.45, 7) is 2.38. The van der Waals surface area contributed by atoms with Gasteiger partial charge in [-0.2, -0.15) is 13.2 Å². The summed E-state index contributed by atoms with van der Waals surface area (Å²) < 4.78 is 50.2. The van der Waals surface area contributed by atoms with Crippen molar-refractivity contribution in [2.24, 2.45) is 5.16 Å². The molecule has 1 fully saturated rings. The Labute approximate surface area is 166 Å². The Kier molecular flexibility index (Phi) is 7.03. The number of aromatic nitrogens is 1. The molecule has 29 heavy (non-hydrogen) atoms. The third-order valence-electron chi connectivity index (χ3n) is 4.59. The van der Waals surface area contributed by atoms with E-state index in [1.165, 1.54) is 24.3 Å². The molecular formula is C20H22F4N4O. The summed E-state index contributed by atoms with van der Waals surface area (Å²) in [4.78, 5) is 13.2. The topological polar surface area (TPSA) is 41.0 Å². The van der Waals surface area contributed by atoms with Crippen LogP contribution >= 0.6 is 0 Å². The third kappa shape index (κ3) is 6.70. The molecule has 3 rings (SSSR count). The first kappa shape index (κ1) is 21.0. The van der Waals surface area contributed by atoms with Crippen LogP contribution in [0, 0.1) is 5.82 Å². The van der Waals surface area contributed by atoms with Gasteiger partial charge in [-0.25, -0.2) is 9.37 Å². The van der Waals surface area contributed by atoms with Crippen LogP contribution in [0.5, 0.6) is 0 Å². The van der Waals surface area contributed by atoms with E-state index in [1.807, 2.05) is 18.2 Å². The van der Waals surface area contributed by atoms with E-state index in [0.29, 0.717) is 24.2 Å². The first-order valence-corrected chi connectivity index (χ1v) is 9.30. The molecule has 1 aliphatic heterocycles. The molecule has 2 aromatic rings. The summed E-state index contributed by atoms with van der Waals surface area (Å²) in [5.41, 5.74) is 0.905. The quantitative estimate of drug-likeness (QED) is 0.396. The molecular weight excluding hydrogens is 388 g/mol. The van der Waals surface area contributed by atoms with Gasteiger partial charge in [-0.3, -0.25) is 4.90 Å². The van der Waals surface area contributed by atoms with E-state index >= 15 is 0 Å². The number of alkyl halides is 3. The van der Waals surface area contributed by atoms with Crippen LogP contribution in [0.3, 0.4) is 0 Å². The summed E-state index contributed by atoms with van der Waals surface area (Å²) in [5, 5.41) is 3.68. The zero-order chi connectivity index (χ0) is 20.7. The number of piperazine rings is 1. The summed E-state index contributed by atoms with van der Waals surface area (Å²) >= 11 is 0. The van der Waals surface area contributed by atoms with Crippen LogP contribution in [-0.4, -0.2) is 61.1 Å². The maximum atomic E-state index is 13.2. The van der Waals surface area contributed by atoms with Crippen molar-refractivity contribution < 1.29 is 22.4 Å². The summed E-state index contributed by atoms with van der Waals surface area (Å²) in [6.07, 6.45) is -2.31. The van der Waals surface area contributed by atoms with Crippen LogP contribution in [0.15, 0.2) is 53.8 Å². The number of benzene rings is 1. The lowest BCUT2D eigenvalue weighted by Crippen LogP contribution is -2.47. The molecule has 2 heterocycles. The molecule has 1 aromatic heterocycles. The molecule has 9 heteroatoms. The number of anilines is 1. The Morgan fingerprint density at radius 3 is 2.38 bits per heavy atom. The first-order chi connectivity index (χ1) is 13.9. The molecule has 0 aliphatic carbocycles. The molecule has 156 valence electrons. The van der Waals surface area contributed by atoms with Gasteiger partial charge in [0, 0.05) is 45.3 Å². The van der Waals surface area contributed by atoms with Crippen molar-refractivity contribution in [2.75, 3.05) is 44.2 Å². The Morgan fingerprint density at radius 2 is 1.76 bits per heavy atom. The predicted octanol–water partition coefficient (Wildman–Crippen LogP) is 3.72. The number of hydrogen-bond donors (Lipinski definition) is 0.